The molecule has 1 saturated carbocycles. The summed E-state index contributed by atoms with van der Waals surface area (Å²) in [6.07, 6.45) is 5.46. The number of nitrogens with one attached hydrogen (secondary N) is 2. The van der Waals surface area contributed by atoms with Crippen molar-refractivity contribution in [2.75, 3.05) is 13.7 Å². The van der Waals surface area contributed by atoms with Crippen LogP contribution in [-0.2, 0) is 19.5 Å². The zero-order valence-electron chi connectivity index (χ0n) is 15.3. The summed E-state index contributed by atoms with van der Waals surface area (Å²) in [4.78, 5) is 11.3. The highest BCUT2D eigenvalue weighted by atomic mass is 127. The van der Waals surface area contributed by atoms with Gasteiger partial charge in [-0.2, -0.15) is 0 Å². The zero-order valence-corrected chi connectivity index (χ0v) is 18.5. The van der Waals surface area contributed by atoms with Crippen molar-refractivity contribution in [1.82, 2.24) is 15.6 Å². The lowest BCUT2D eigenvalue weighted by atomic mass is 10.2. The normalized spacial score (nSPS) is 13.8. The van der Waals surface area contributed by atoms with Crippen molar-refractivity contribution < 1.29 is 4.74 Å². The summed E-state index contributed by atoms with van der Waals surface area (Å²) in [5, 5.41) is 6.70. The van der Waals surface area contributed by atoms with Gasteiger partial charge in [-0.05, 0) is 48.9 Å². The van der Waals surface area contributed by atoms with Crippen LogP contribution in [0.15, 0.2) is 35.5 Å². The average molecular weight is 486 g/mol. The molecule has 2 heterocycles. The molecule has 1 aliphatic carbocycles. The topological polar surface area (TPSA) is 58.5 Å². The molecule has 0 aliphatic heterocycles. The highest BCUT2D eigenvalue weighted by Gasteiger charge is 2.22. The van der Waals surface area contributed by atoms with Gasteiger partial charge in [0.25, 0.3) is 0 Å². The van der Waals surface area contributed by atoms with Crippen LogP contribution in [0.5, 0.6) is 5.88 Å². The molecule has 0 saturated heterocycles. The van der Waals surface area contributed by atoms with Crippen LogP contribution in [0.3, 0.4) is 0 Å². The molecule has 0 spiro atoms. The number of rotatable bonds is 8. The quantitative estimate of drug-likeness (QED) is 0.337. The average Bonchev–Trinajstić information content (AvgIpc) is 3.37. The van der Waals surface area contributed by atoms with E-state index in [1.54, 1.807) is 13.2 Å². The molecule has 0 aromatic carbocycles. The van der Waals surface area contributed by atoms with E-state index in [0.29, 0.717) is 12.4 Å². The molecule has 0 atom stereocenters. The van der Waals surface area contributed by atoms with Crippen LogP contribution >= 0.6 is 35.3 Å². The summed E-state index contributed by atoms with van der Waals surface area (Å²) in [5.41, 5.74) is 1.13. The summed E-state index contributed by atoms with van der Waals surface area (Å²) in [7, 11) is 1.79. The highest BCUT2D eigenvalue weighted by Crippen LogP contribution is 2.29. The van der Waals surface area contributed by atoms with Crippen molar-refractivity contribution in [3.05, 3.63) is 45.8 Å². The molecule has 26 heavy (non-hydrogen) atoms. The maximum absolute atomic E-state index is 5.74. The Balaban J connectivity index is 0.00000243. The van der Waals surface area contributed by atoms with Crippen LogP contribution in [0.2, 0.25) is 0 Å². The standard InChI is InChI=1S/C19H26N4OS.HI/c1-3-16-6-7-17(25-16)12-23-19(20-2)22-11-15-8-9-21-18(10-15)24-13-14-4-5-14;/h6-10,14H,3-5,11-13H2,1-2H3,(H2,20,22,23);1H. The lowest BCUT2D eigenvalue weighted by Gasteiger charge is -2.12. The van der Waals surface area contributed by atoms with Crippen LogP contribution in [-0.4, -0.2) is 24.6 Å². The molecule has 0 radical (unpaired) electrons. The lowest BCUT2D eigenvalue weighted by molar-refractivity contribution is 0.288. The summed E-state index contributed by atoms with van der Waals surface area (Å²) in [6.45, 7) is 4.44. The summed E-state index contributed by atoms with van der Waals surface area (Å²) < 4.78 is 5.74. The number of hydrogen-bond donors (Lipinski definition) is 2. The minimum absolute atomic E-state index is 0. The fraction of sp³-hybridized carbons (Fsp3) is 0.474. The Bertz CT molecular complexity index is 715. The van der Waals surface area contributed by atoms with E-state index < -0.39 is 0 Å². The van der Waals surface area contributed by atoms with Crippen molar-refractivity contribution in [3.8, 4) is 5.88 Å². The first-order valence-corrected chi connectivity index (χ1v) is 9.68. The maximum atomic E-state index is 5.74. The molecule has 5 nitrogen and oxygen atoms in total. The number of aromatic nitrogens is 1. The monoisotopic (exact) mass is 486 g/mol. The number of nitrogens with zero attached hydrogens (tertiary/aromatic N) is 2. The first-order valence-electron chi connectivity index (χ1n) is 8.86. The summed E-state index contributed by atoms with van der Waals surface area (Å²) in [6, 6.07) is 8.36. The number of pyridine rings is 1. The molecule has 0 unspecified atom stereocenters. The van der Waals surface area contributed by atoms with E-state index in [0.717, 1.165) is 37.0 Å². The number of halogens is 1. The number of guanidine groups is 1. The number of hydrogen-bond acceptors (Lipinski definition) is 4. The fourth-order valence-electron chi connectivity index (χ4n) is 2.41. The predicted octanol–water partition coefficient (Wildman–Crippen LogP) is 3.98. The Morgan fingerprint density at radius 1 is 1.23 bits per heavy atom. The van der Waals surface area contributed by atoms with Crippen LogP contribution in [0.25, 0.3) is 0 Å². The van der Waals surface area contributed by atoms with Crippen LogP contribution in [0.4, 0.5) is 0 Å². The largest absolute Gasteiger partial charge is 0.477 e. The molecular weight excluding hydrogens is 459 g/mol. The Kier molecular flexibility index (Phi) is 8.64. The van der Waals surface area contributed by atoms with E-state index in [4.69, 9.17) is 4.74 Å². The molecule has 2 aromatic rings. The van der Waals surface area contributed by atoms with Gasteiger partial charge in [0.1, 0.15) is 0 Å². The number of thiophene rings is 1. The smallest absolute Gasteiger partial charge is 0.213 e. The van der Waals surface area contributed by atoms with Crippen molar-refractivity contribution in [3.63, 3.8) is 0 Å². The third-order valence-electron chi connectivity index (χ3n) is 4.14. The molecule has 2 N–H and O–H groups in total. The molecular formula is C19H27IN4OS. The van der Waals surface area contributed by atoms with E-state index in [1.807, 2.05) is 23.5 Å². The minimum Gasteiger partial charge on any atom is -0.477 e. The molecule has 1 aliphatic rings. The van der Waals surface area contributed by atoms with E-state index >= 15 is 0 Å². The van der Waals surface area contributed by atoms with Gasteiger partial charge in [0.15, 0.2) is 5.96 Å². The van der Waals surface area contributed by atoms with Crippen molar-refractivity contribution in [1.29, 1.82) is 0 Å². The van der Waals surface area contributed by atoms with Gasteiger partial charge in [0.2, 0.25) is 5.88 Å². The maximum Gasteiger partial charge on any atom is 0.213 e. The second kappa shape index (κ2) is 10.7. The van der Waals surface area contributed by atoms with Gasteiger partial charge in [-0.15, -0.1) is 35.3 Å². The summed E-state index contributed by atoms with van der Waals surface area (Å²) in [5.74, 6) is 2.24. The first-order chi connectivity index (χ1) is 12.3. The Labute approximate surface area is 176 Å². The van der Waals surface area contributed by atoms with Gasteiger partial charge in [-0.1, -0.05) is 6.92 Å². The molecule has 1 fully saturated rings. The van der Waals surface area contributed by atoms with Gasteiger partial charge < -0.3 is 15.4 Å². The van der Waals surface area contributed by atoms with Crippen LogP contribution in [0, 0.1) is 5.92 Å². The van der Waals surface area contributed by atoms with Crippen LogP contribution in [0.1, 0.15) is 35.1 Å². The lowest BCUT2D eigenvalue weighted by Crippen LogP contribution is -2.36. The van der Waals surface area contributed by atoms with Gasteiger partial charge in [0, 0.05) is 35.6 Å². The van der Waals surface area contributed by atoms with E-state index in [2.05, 4.69) is 39.7 Å². The second-order valence-electron chi connectivity index (χ2n) is 6.26. The minimum atomic E-state index is 0. The van der Waals surface area contributed by atoms with E-state index in [1.165, 1.54) is 22.6 Å². The third kappa shape index (κ3) is 6.75. The summed E-state index contributed by atoms with van der Waals surface area (Å²) >= 11 is 1.84. The molecule has 0 amide bonds. The van der Waals surface area contributed by atoms with Crippen molar-refractivity contribution in [2.45, 2.75) is 39.3 Å². The van der Waals surface area contributed by atoms with E-state index in [9.17, 15) is 0 Å². The fourth-order valence-corrected chi connectivity index (χ4v) is 3.31. The predicted molar refractivity (Wildman–Crippen MR) is 119 cm³/mol. The van der Waals surface area contributed by atoms with Gasteiger partial charge in [0.05, 0.1) is 13.2 Å². The van der Waals surface area contributed by atoms with Gasteiger partial charge >= 0.3 is 0 Å². The van der Waals surface area contributed by atoms with Crippen molar-refractivity contribution in [2.24, 2.45) is 10.9 Å². The Hall–Kier alpha value is -1.35. The molecule has 7 heteroatoms. The SMILES string of the molecule is CCc1ccc(CNC(=NC)NCc2ccnc(OCC3CC3)c2)s1.I. The number of ether oxygens (including phenoxy) is 1. The number of aliphatic imine (C=N–C) groups is 1. The second-order valence-corrected chi connectivity index (χ2v) is 7.51. The first kappa shape index (κ1) is 21.0. The van der Waals surface area contributed by atoms with E-state index in [-0.39, 0.29) is 24.0 Å². The highest BCUT2D eigenvalue weighted by molar-refractivity contribution is 14.0. The number of aryl methyl sites for hydroxylation is 1. The molecule has 2 aromatic heterocycles. The molecule has 3 rings (SSSR count). The Morgan fingerprint density at radius 3 is 2.69 bits per heavy atom. The van der Waals surface area contributed by atoms with Gasteiger partial charge in [-0.25, -0.2) is 4.98 Å². The van der Waals surface area contributed by atoms with Crippen molar-refractivity contribution >= 4 is 41.3 Å². The van der Waals surface area contributed by atoms with Gasteiger partial charge in [-0.3, -0.25) is 4.99 Å². The zero-order chi connectivity index (χ0) is 17.5. The van der Waals surface area contributed by atoms with Crippen LogP contribution < -0.4 is 15.4 Å². The molecule has 0 bridgehead atoms. The molecule has 142 valence electrons. The third-order valence-corrected chi connectivity index (χ3v) is 5.37. The Morgan fingerprint density at radius 2 is 2.00 bits per heavy atom.